The Kier molecular flexibility index (Phi) is 5.59. The summed E-state index contributed by atoms with van der Waals surface area (Å²) >= 11 is 0. The first-order valence-electron chi connectivity index (χ1n) is 8.48. The van der Waals surface area contributed by atoms with Gasteiger partial charge >= 0.3 is 0 Å². The third kappa shape index (κ3) is 4.52. The van der Waals surface area contributed by atoms with Gasteiger partial charge in [-0.15, -0.1) is 0 Å². The molecule has 122 valence electrons. The molecule has 23 heavy (non-hydrogen) atoms. The molecule has 3 heterocycles. The normalized spacial score (nSPS) is 18.7. The monoisotopic (exact) mass is 311 g/mol. The SMILES string of the molecule is COc1ccc(CN2CCCC[C@@H]2CCc2ccccn2)cn1. The fourth-order valence-electron chi connectivity index (χ4n) is 3.32. The fourth-order valence-corrected chi connectivity index (χ4v) is 3.32. The molecule has 3 rings (SSSR count). The largest absolute Gasteiger partial charge is 0.481 e. The van der Waals surface area contributed by atoms with Crippen LogP contribution >= 0.6 is 0 Å². The summed E-state index contributed by atoms with van der Waals surface area (Å²) in [6.07, 6.45) is 9.98. The van der Waals surface area contributed by atoms with Gasteiger partial charge in [-0.05, 0) is 49.9 Å². The van der Waals surface area contributed by atoms with E-state index in [0.29, 0.717) is 11.9 Å². The number of aromatic nitrogens is 2. The molecule has 1 saturated heterocycles. The van der Waals surface area contributed by atoms with Gasteiger partial charge in [0.15, 0.2) is 0 Å². The molecule has 1 aliphatic rings. The van der Waals surface area contributed by atoms with Crippen molar-refractivity contribution in [3.63, 3.8) is 0 Å². The number of hydrogen-bond donors (Lipinski definition) is 0. The second-order valence-electron chi connectivity index (χ2n) is 6.19. The van der Waals surface area contributed by atoms with Gasteiger partial charge in [-0.25, -0.2) is 4.98 Å². The summed E-state index contributed by atoms with van der Waals surface area (Å²) in [5.74, 6) is 0.680. The molecule has 2 aromatic rings. The number of nitrogens with zero attached hydrogens (tertiary/aromatic N) is 3. The number of rotatable bonds is 6. The van der Waals surface area contributed by atoms with Gasteiger partial charge in [0.1, 0.15) is 0 Å². The standard InChI is InChI=1S/C19H25N3O/c1-23-19-11-8-16(14-21-19)15-22-13-5-3-7-18(22)10-9-17-6-2-4-12-20-17/h2,4,6,8,11-12,14,18H,3,5,7,9-10,13,15H2,1H3/t18-/m1/s1. The molecule has 0 unspecified atom stereocenters. The average Bonchev–Trinajstić information content (AvgIpc) is 2.62. The molecule has 1 atom stereocenters. The van der Waals surface area contributed by atoms with Crippen LogP contribution in [0.3, 0.4) is 0 Å². The Bertz CT molecular complexity index is 585. The van der Waals surface area contributed by atoms with Crippen LogP contribution in [-0.4, -0.2) is 34.6 Å². The van der Waals surface area contributed by atoms with E-state index in [4.69, 9.17) is 4.74 Å². The minimum absolute atomic E-state index is 0.646. The predicted molar refractivity (Wildman–Crippen MR) is 91.4 cm³/mol. The van der Waals surface area contributed by atoms with Gasteiger partial charge in [0.2, 0.25) is 5.88 Å². The molecule has 4 nitrogen and oxygen atoms in total. The average molecular weight is 311 g/mol. The van der Waals surface area contributed by atoms with E-state index in [9.17, 15) is 0 Å². The Labute approximate surface area is 138 Å². The van der Waals surface area contributed by atoms with Crippen LogP contribution in [0.4, 0.5) is 0 Å². The molecule has 0 bridgehead atoms. The topological polar surface area (TPSA) is 38.2 Å². The second-order valence-corrected chi connectivity index (χ2v) is 6.19. The van der Waals surface area contributed by atoms with Gasteiger partial charge in [-0.1, -0.05) is 18.6 Å². The van der Waals surface area contributed by atoms with Crippen molar-refractivity contribution in [2.45, 2.75) is 44.7 Å². The van der Waals surface area contributed by atoms with Crippen LogP contribution in [0.25, 0.3) is 0 Å². The van der Waals surface area contributed by atoms with Crippen LogP contribution in [0.5, 0.6) is 5.88 Å². The quantitative estimate of drug-likeness (QED) is 0.819. The molecular formula is C19H25N3O. The van der Waals surface area contributed by atoms with Gasteiger partial charge in [0.25, 0.3) is 0 Å². The molecule has 0 radical (unpaired) electrons. The summed E-state index contributed by atoms with van der Waals surface area (Å²) in [5, 5.41) is 0. The molecule has 4 heteroatoms. The zero-order chi connectivity index (χ0) is 15.9. The molecular weight excluding hydrogens is 286 g/mol. The number of methoxy groups -OCH3 is 1. The molecule has 0 amide bonds. The first-order valence-corrected chi connectivity index (χ1v) is 8.48. The highest BCUT2D eigenvalue weighted by molar-refractivity contribution is 5.17. The number of aryl methyl sites for hydroxylation is 1. The van der Waals surface area contributed by atoms with Crippen LogP contribution in [0, 0.1) is 0 Å². The molecule has 0 aromatic carbocycles. The Morgan fingerprint density at radius 2 is 2.13 bits per heavy atom. The molecule has 0 aliphatic carbocycles. The van der Waals surface area contributed by atoms with Gasteiger partial charge in [-0.3, -0.25) is 9.88 Å². The smallest absolute Gasteiger partial charge is 0.212 e. The number of hydrogen-bond acceptors (Lipinski definition) is 4. The predicted octanol–water partition coefficient (Wildman–Crippen LogP) is 3.47. The maximum absolute atomic E-state index is 5.14. The summed E-state index contributed by atoms with van der Waals surface area (Å²) in [6, 6.07) is 10.9. The lowest BCUT2D eigenvalue weighted by molar-refractivity contribution is 0.132. The maximum Gasteiger partial charge on any atom is 0.212 e. The first kappa shape index (κ1) is 15.9. The fraction of sp³-hybridized carbons (Fsp3) is 0.474. The van der Waals surface area contributed by atoms with E-state index in [-0.39, 0.29) is 0 Å². The third-order valence-corrected chi connectivity index (χ3v) is 4.60. The van der Waals surface area contributed by atoms with Crippen molar-refractivity contribution in [2.24, 2.45) is 0 Å². The van der Waals surface area contributed by atoms with E-state index >= 15 is 0 Å². The minimum atomic E-state index is 0.646. The summed E-state index contributed by atoms with van der Waals surface area (Å²) in [7, 11) is 1.65. The van der Waals surface area contributed by atoms with Gasteiger partial charge < -0.3 is 4.74 Å². The van der Waals surface area contributed by atoms with Crippen molar-refractivity contribution in [3.05, 3.63) is 54.0 Å². The van der Waals surface area contributed by atoms with Crippen molar-refractivity contribution in [3.8, 4) is 5.88 Å². The van der Waals surface area contributed by atoms with Crippen molar-refractivity contribution >= 4 is 0 Å². The summed E-state index contributed by atoms with van der Waals surface area (Å²) in [6.45, 7) is 2.16. The van der Waals surface area contributed by atoms with Crippen molar-refractivity contribution in [2.75, 3.05) is 13.7 Å². The van der Waals surface area contributed by atoms with Crippen LogP contribution < -0.4 is 4.74 Å². The molecule has 0 saturated carbocycles. The van der Waals surface area contributed by atoms with E-state index in [1.54, 1.807) is 7.11 Å². The van der Waals surface area contributed by atoms with E-state index in [0.717, 1.165) is 13.0 Å². The van der Waals surface area contributed by atoms with Crippen LogP contribution in [0.15, 0.2) is 42.7 Å². The van der Waals surface area contributed by atoms with Gasteiger partial charge in [0, 0.05) is 36.7 Å². The second kappa shape index (κ2) is 8.06. The van der Waals surface area contributed by atoms with E-state index in [1.807, 2.05) is 24.5 Å². The number of piperidine rings is 1. The lowest BCUT2D eigenvalue weighted by Gasteiger charge is -2.35. The third-order valence-electron chi connectivity index (χ3n) is 4.60. The van der Waals surface area contributed by atoms with Gasteiger partial charge in [-0.2, -0.15) is 0 Å². The minimum Gasteiger partial charge on any atom is -0.481 e. The van der Waals surface area contributed by atoms with Gasteiger partial charge in [0.05, 0.1) is 7.11 Å². The number of likely N-dealkylation sites (tertiary alicyclic amines) is 1. The Balaban J connectivity index is 1.59. The molecule has 0 N–H and O–H groups in total. The van der Waals surface area contributed by atoms with Crippen LogP contribution in [0.2, 0.25) is 0 Å². The number of pyridine rings is 2. The van der Waals surface area contributed by atoms with Crippen LogP contribution in [-0.2, 0) is 13.0 Å². The first-order chi connectivity index (χ1) is 11.3. The molecule has 2 aromatic heterocycles. The van der Waals surface area contributed by atoms with E-state index in [2.05, 4.69) is 33.1 Å². The maximum atomic E-state index is 5.14. The molecule has 1 fully saturated rings. The molecule has 0 spiro atoms. The summed E-state index contributed by atoms with van der Waals surface area (Å²) < 4.78 is 5.14. The summed E-state index contributed by atoms with van der Waals surface area (Å²) in [4.78, 5) is 11.4. The lowest BCUT2D eigenvalue weighted by atomic mass is 9.96. The highest BCUT2D eigenvalue weighted by Gasteiger charge is 2.22. The lowest BCUT2D eigenvalue weighted by Crippen LogP contribution is -2.39. The van der Waals surface area contributed by atoms with Crippen molar-refractivity contribution in [1.29, 1.82) is 0 Å². The highest BCUT2D eigenvalue weighted by Crippen LogP contribution is 2.23. The molecule has 1 aliphatic heterocycles. The van der Waals surface area contributed by atoms with E-state index < -0.39 is 0 Å². The zero-order valence-electron chi connectivity index (χ0n) is 13.8. The van der Waals surface area contributed by atoms with E-state index in [1.165, 1.54) is 43.5 Å². The Hall–Kier alpha value is -1.94. The Morgan fingerprint density at radius 1 is 1.17 bits per heavy atom. The van der Waals surface area contributed by atoms with Crippen LogP contribution in [0.1, 0.15) is 36.9 Å². The van der Waals surface area contributed by atoms with Crippen molar-refractivity contribution in [1.82, 2.24) is 14.9 Å². The number of ether oxygens (including phenoxy) is 1. The summed E-state index contributed by atoms with van der Waals surface area (Å²) in [5.41, 5.74) is 2.46. The highest BCUT2D eigenvalue weighted by atomic mass is 16.5. The van der Waals surface area contributed by atoms with Crippen molar-refractivity contribution < 1.29 is 4.74 Å². The Morgan fingerprint density at radius 3 is 2.87 bits per heavy atom. The zero-order valence-corrected chi connectivity index (χ0v) is 13.8.